The van der Waals surface area contributed by atoms with E-state index < -0.39 is 0 Å². The van der Waals surface area contributed by atoms with Gasteiger partial charge in [0.25, 0.3) is 0 Å². The van der Waals surface area contributed by atoms with E-state index >= 15 is 0 Å². The van der Waals surface area contributed by atoms with Gasteiger partial charge in [-0.15, -0.1) is 0 Å². The molecule has 0 fully saturated rings. The van der Waals surface area contributed by atoms with Crippen molar-refractivity contribution in [2.45, 2.75) is 106 Å². The third-order valence-corrected chi connectivity index (χ3v) is 7.21. The summed E-state index contributed by atoms with van der Waals surface area (Å²) in [6, 6.07) is 9.45. The largest absolute Gasteiger partial charge is 0.385 e. The lowest BCUT2D eigenvalue weighted by molar-refractivity contribution is 0.331. The third kappa shape index (κ3) is 8.54. The average Bonchev–Trinajstić information content (AvgIpc) is 2.79. The summed E-state index contributed by atoms with van der Waals surface area (Å²) in [6.45, 7) is 27.1. The maximum absolute atomic E-state index is 3.81. The summed E-state index contributed by atoms with van der Waals surface area (Å²) in [5.41, 5.74) is 11.3. The predicted octanol–water partition coefficient (Wildman–Crippen LogP) is 9.03. The quantitative estimate of drug-likeness (QED) is 0.257. The van der Waals surface area contributed by atoms with Crippen LogP contribution in [0.25, 0.3) is 0 Å². The molecule has 0 unspecified atom stereocenters. The first-order valence-electron chi connectivity index (χ1n) is 14.4. The van der Waals surface area contributed by atoms with Crippen molar-refractivity contribution < 1.29 is 0 Å². The Morgan fingerprint density at radius 1 is 0.556 bits per heavy atom. The van der Waals surface area contributed by atoms with Crippen molar-refractivity contribution >= 4 is 11.4 Å². The molecule has 2 aromatic rings. The summed E-state index contributed by atoms with van der Waals surface area (Å²) < 4.78 is 0. The van der Waals surface area contributed by atoms with Gasteiger partial charge in [0.1, 0.15) is 0 Å². The minimum absolute atomic E-state index is 0.529. The molecule has 0 bridgehead atoms. The van der Waals surface area contributed by atoms with E-state index in [4.69, 9.17) is 0 Å². The molecular weight excluding hydrogens is 438 g/mol. The van der Waals surface area contributed by atoms with Crippen molar-refractivity contribution in [1.82, 2.24) is 4.90 Å². The normalized spacial score (nSPS) is 12.0. The molecule has 0 saturated carbocycles. The Hall–Kier alpha value is -2.00. The predicted molar refractivity (Wildman–Crippen MR) is 162 cm³/mol. The van der Waals surface area contributed by atoms with Crippen LogP contribution in [0, 0.1) is 13.8 Å². The Bertz CT molecular complexity index is 820. The third-order valence-electron chi connectivity index (χ3n) is 7.21. The maximum Gasteiger partial charge on any atom is 0.0410 e. The van der Waals surface area contributed by atoms with Gasteiger partial charge in [0.15, 0.2) is 0 Å². The first-order chi connectivity index (χ1) is 16.9. The van der Waals surface area contributed by atoms with Crippen LogP contribution >= 0.6 is 0 Å². The van der Waals surface area contributed by atoms with Crippen LogP contribution in [0.5, 0.6) is 0 Å². The number of hydrogen-bond donors (Lipinski definition) is 2. The average molecular weight is 494 g/mol. The lowest BCUT2D eigenvalue weighted by atomic mass is 9.90. The first-order valence-corrected chi connectivity index (χ1v) is 14.4. The van der Waals surface area contributed by atoms with Gasteiger partial charge in [0.05, 0.1) is 0 Å². The van der Waals surface area contributed by atoms with Crippen LogP contribution in [-0.4, -0.2) is 38.1 Å². The van der Waals surface area contributed by atoms with E-state index in [1.807, 2.05) is 0 Å². The number of nitrogens with one attached hydrogen (secondary N) is 2. The lowest BCUT2D eigenvalue weighted by Crippen LogP contribution is -2.25. The van der Waals surface area contributed by atoms with E-state index in [0.717, 1.165) is 39.0 Å². The van der Waals surface area contributed by atoms with Crippen molar-refractivity contribution in [3.8, 4) is 0 Å². The summed E-state index contributed by atoms with van der Waals surface area (Å²) in [5, 5.41) is 7.63. The molecule has 3 nitrogen and oxygen atoms in total. The summed E-state index contributed by atoms with van der Waals surface area (Å²) in [6.07, 6.45) is 2.31. The Labute approximate surface area is 223 Å². The summed E-state index contributed by atoms with van der Waals surface area (Å²) >= 11 is 0. The van der Waals surface area contributed by atoms with E-state index in [-0.39, 0.29) is 0 Å². The van der Waals surface area contributed by atoms with E-state index in [9.17, 15) is 0 Å². The number of nitrogens with zero attached hydrogens (tertiary/aromatic N) is 1. The van der Waals surface area contributed by atoms with Crippen molar-refractivity contribution in [2.24, 2.45) is 0 Å². The van der Waals surface area contributed by atoms with E-state index in [0.29, 0.717) is 23.7 Å². The number of hydrogen-bond acceptors (Lipinski definition) is 3. The molecule has 36 heavy (non-hydrogen) atoms. The molecule has 3 heteroatoms. The Morgan fingerprint density at radius 3 is 1.08 bits per heavy atom. The number of rotatable bonds is 14. The lowest BCUT2D eigenvalue weighted by Gasteiger charge is -2.24. The SMILES string of the molecule is Cc1cc(C(C)C)c(NCCCN(C)CCCNc2c(C(C)C)cc(C)cc2C(C)C)c(C(C)C)c1. The maximum atomic E-state index is 3.81. The summed E-state index contributed by atoms with van der Waals surface area (Å²) in [4.78, 5) is 2.48. The van der Waals surface area contributed by atoms with Gasteiger partial charge in [0, 0.05) is 24.5 Å². The fraction of sp³-hybridized carbons (Fsp3) is 0.636. The number of anilines is 2. The molecule has 2 N–H and O–H groups in total. The first kappa shape index (κ1) is 30.2. The fourth-order valence-corrected chi connectivity index (χ4v) is 5.15. The highest BCUT2D eigenvalue weighted by Crippen LogP contribution is 2.35. The molecule has 2 rings (SSSR count). The second-order valence-corrected chi connectivity index (χ2v) is 12.1. The highest BCUT2D eigenvalue weighted by Gasteiger charge is 2.16. The van der Waals surface area contributed by atoms with Crippen LogP contribution in [0.15, 0.2) is 24.3 Å². The van der Waals surface area contributed by atoms with Gasteiger partial charge in [0.2, 0.25) is 0 Å². The van der Waals surface area contributed by atoms with Crippen LogP contribution in [0.2, 0.25) is 0 Å². The number of aryl methyl sites for hydroxylation is 2. The monoisotopic (exact) mass is 493 g/mol. The van der Waals surface area contributed by atoms with Gasteiger partial charge in [-0.25, -0.2) is 0 Å². The molecule has 0 radical (unpaired) electrons. The Morgan fingerprint density at radius 2 is 0.833 bits per heavy atom. The van der Waals surface area contributed by atoms with E-state index in [2.05, 4.69) is 116 Å². The van der Waals surface area contributed by atoms with Gasteiger partial charge in [-0.05, 0) is 92.8 Å². The zero-order valence-electron chi connectivity index (χ0n) is 25.3. The summed E-state index contributed by atoms with van der Waals surface area (Å²) in [5.74, 6) is 2.11. The van der Waals surface area contributed by atoms with E-state index in [1.165, 1.54) is 44.8 Å². The highest BCUT2D eigenvalue weighted by atomic mass is 15.1. The molecule has 2 aromatic carbocycles. The van der Waals surface area contributed by atoms with Crippen LogP contribution in [0.1, 0.15) is 125 Å². The number of benzene rings is 2. The van der Waals surface area contributed by atoms with Crippen LogP contribution in [0.4, 0.5) is 11.4 Å². The van der Waals surface area contributed by atoms with Gasteiger partial charge in [-0.3, -0.25) is 0 Å². The molecule has 0 amide bonds. The minimum atomic E-state index is 0.529. The van der Waals surface area contributed by atoms with Gasteiger partial charge < -0.3 is 15.5 Å². The Kier molecular flexibility index (Phi) is 11.8. The molecule has 0 heterocycles. The second-order valence-electron chi connectivity index (χ2n) is 12.1. The van der Waals surface area contributed by atoms with Crippen LogP contribution in [0.3, 0.4) is 0 Å². The molecule has 0 aliphatic carbocycles. The van der Waals surface area contributed by atoms with Gasteiger partial charge >= 0.3 is 0 Å². The topological polar surface area (TPSA) is 27.3 Å². The smallest absolute Gasteiger partial charge is 0.0410 e. The Balaban J connectivity index is 1.86. The molecule has 0 atom stereocenters. The van der Waals surface area contributed by atoms with Gasteiger partial charge in [-0.2, -0.15) is 0 Å². The molecular formula is C33H55N3. The van der Waals surface area contributed by atoms with Crippen molar-refractivity contribution in [3.63, 3.8) is 0 Å². The van der Waals surface area contributed by atoms with E-state index in [1.54, 1.807) is 0 Å². The molecule has 0 aliphatic rings. The molecule has 0 saturated heterocycles. The molecule has 0 aromatic heterocycles. The van der Waals surface area contributed by atoms with Crippen molar-refractivity contribution in [1.29, 1.82) is 0 Å². The standard InChI is InChI=1S/C33H55N3/c1-22(2)28-18-26(9)19-29(23(3)4)32(28)34-14-12-16-36(11)17-13-15-35-33-30(24(5)6)20-27(10)21-31(33)25(7)8/h18-25,34-35H,12-17H2,1-11H3. The highest BCUT2D eigenvalue weighted by molar-refractivity contribution is 5.62. The zero-order chi connectivity index (χ0) is 27.0. The van der Waals surface area contributed by atoms with Crippen molar-refractivity contribution in [3.05, 3.63) is 57.6 Å². The molecule has 0 spiro atoms. The zero-order valence-corrected chi connectivity index (χ0v) is 25.3. The van der Waals surface area contributed by atoms with Crippen molar-refractivity contribution in [2.75, 3.05) is 43.9 Å². The van der Waals surface area contributed by atoms with Gasteiger partial charge in [-0.1, -0.05) is 90.8 Å². The second kappa shape index (κ2) is 14.1. The fourth-order valence-electron chi connectivity index (χ4n) is 5.15. The van der Waals surface area contributed by atoms with Crippen LogP contribution < -0.4 is 10.6 Å². The molecule has 0 aliphatic heterocycles. The van der Waals surface area contributed by atoms with Crippen LogP contribution in [-0.2, 0) is 0 Å². The molecule has 202 valence electrons. The summed E-state index contributed by atoms with van der Waals surface area (Å²) in [7, 11) is 2.26. The minimum Gasteiger partial charge on any atom is -0.385 e.